The van der Waals surface area contributed by atoms with E-state index in [0.29, 0.717) is 6.54 Å². The predicted octanol–water partition coefficient (Wildman–Crippen LogP) is 3.03. The number of pyridine rings is 1. The molecule has 0 aliphatic carbocycles. The highest BCUT2D eigenvalue weighted by Crippen LogP contribution is 2.24. The Hall–Kier alpha value is -3.28. The molecule has 4 aromatic rings. The fraction of sp³-hybridized carbons (Fsp3) is 0.0588. The number of nitrogens with zero attached hydrogens (tertiary/aromatic N) is 4. The van der Waals surface area contributed by atoms with E-state index in [1.165, 1.54) is 0 Å². The first-order valence-corrected chi connectivity index (χ1v) is 7.30. The van der Waals surface area contributed by atoms with E-state index in [1.807, 2.05) is 42.6 Å². The van der Waals surface area contributed by atoms with Crippen molar-refractivity contribution < 1.29 is 0 Å². The quantitative estimate of drug-likeness (QED) is 0.606. The van der Waals surface area contributed by atoms with E-state index in [-0.39, 0.29) is 0 Å². The minimum Gasteiger partial charge on any atom is -0.365 e. The van der Waals surface area contributed by atoms with Gasteiger partial charge in [-0.05, 0) is 29.8 Å². The van der Waals surface area contributed by atoms with Crippen LogP contribution in [-0.2, 0) is 6.54 Å². The van der Waals surface area contributed by atoms with Gasteiger partial charge >= 0.3 is 0 Å². The van der Waals surface area contributed by atoms with Gasteiger partial charge in [0, 0.05) is 29.9 Å². The third-order valence-corrected chi connectivity index (χ3v) is 3.67. The van der Waals surface area contributed by atoms with Gasteiger partial charge < -0.3 is 5.32 Å². The minimum atomic E-state index is 0.643. The molecule has 4 rings (SSSR count). The van der Waals surface area contributed by atoms with Crippen LogP contribution >= 0.6 is 0 Å². The Bertz CT molecular complexity index is 932. The average Bonchev–Trinajstić information content (AvgIpc) is 3.10. The number of nitrogens with one attached hydrogen (secondary N) is 2. The van der Waals surface area contributed by atoms with Crippen LogP contribution in [0.3, 0.4) is 0 Å². The first kappa shape index (κ1) is 13.4. The van der Waals surface area contributed by atoms with E-state index in [2.05, 4.69) is 36.8 Å². The fourth-order valence-electron chi connectivity index (χ4n) is 2.55. The maximum Gasteiger partial charge on any atom is 0.135 e. The number of para-hydroxylation sites is 1. The molecule has 6 heteroatoms. The third kappa shape index (κ3) is 2.62. The number of aromatic amines is 1. The summed E-state index contributed by atoms with van der Waals surface area (Å²) < 4.78 is 0. The normalized spacial score (nSPS) is 10.8. The number of anilines is 1. The van der Waals surface area contributed by atoms with E-state index in [0.717, 1.165) is 33.5 Å². The van der Waals surface area contributed by atoms with Crippen LogP contribution in [0.15, 0.2) is 61.1 Å². The van der Waals surface area contributed by atoms with E-state index in [9.17, 15) is 0 Å². The predicted molar refractivity (Wildman–Crippen MR) is 88.7 cm³/mol. The van der Waals surface area contributed by atoms with Gasteiger partial charge in [0.15, 0.2) is 0 Å². The molecule has 23 heavy (non-hydrogen) atoms. The number of benzene rings is 1. The van der Waals surface area contributed by atoms with Gasteiger partial charge in [-0.25, -0.2) is 4.98 Å². The molecule has 0 atom stereocenters. The van der Waals surface area contributed by atoms with Crippen LogP contribution in [0, 0.1) is 0 Å². The maximum absolute atomic E-state index is 4.43. The Morgan fingerprint density at radius 3 is 2.87 bits per heavy atom. The van der Waals surface area contributed by atoms with Crippen molar-refractivity contribution in [2.24, 2.45) is 0 Å². The lowest BCUT2D eigenvalue weighted by atomic mass is 10.1. The summed E-state index contributed by atoms with van der Waals surface area (Å²) in [7, 11) is 0. The zero-order chi connectivity index (χ0) is 15.5. The molecule has 3 aromatic heterocycles. The van der Waals surface area contributed by atoms with Crippen molar-refractivity contribution in [1.82, 2.24) is 25.4 Å². The van der Waals surface area contributed by atoms with Crippen molar-refractivity contribution in [3.05, 3.63) is 66.6 Å². The van der Waals surface area contributed by atoms with E-state index >= 15 is 0 Å². The third-order valence-electron chi connectivity index (χ3n) is 3.67. The minimum absolute atomic E-state index is 0.643. The van der Waals surface area contributed by atoms with Crippen molar-refractivity contribution in [1.29, 1.82) is 0 Å². The van der Waals surface area contributed by atoms with Crippen LogP contribution in [0.2, 0.25) is 0 Å². The second-order valence-electron chi connectivity index (χ2n) is 5.11. The van der Waals surface area contributed by atoms with E-state index < -0.39 is 0 Å². The average molecular weight is 302 g/mol. The zero-order valence-electron chi connectivity index (χ0n) is 12.3. The molecular formula is C17H14N6. The highest BCUT2D eigenvalue weighted by atomic mass is 15.1. The van der Waals surface area contributed by atoms with Gasteiger partial charge in [-0.15, -0.1) is 0 Å². The number of aromatic nitrogens is 5. The molecule has 0 fully saturated rings. The Balaban J connectivity index is 1.64. The molecule has 0 bridgehead atoms. The second-order valence-corrected chi connectivity index (χ2v) is 5.11. The highest BCUT2D eigenvalue weighted by molar-refractivity contribution is 5.81. The Kier molecular flexibility index (Phi) is 3.40. The molecule has 2 N–H and O–H groups in total. The molecule has 0 aliphatic heterocycles. The molecule has 3 heterocycles. The topological polar surface area (TPSA) is 79.4 Å². The molecule has 0 saturated carbocycles. The van der Waals surface area contributed by atoms with Crippen LogP contribution in [0.25, 0.3) is 22.2 Å². The Morgan fingerprint density at radius 1 is 1.00 bits per heavy atom. The van der Waals surface area contributed by atoms with Gasteiger partial charge in [0.05, 0.1) is 17.4 Å². The van der Waals surface area contributed by atoms with Crippen molar-refractivity contribution in [3.63, 3.8) is 0 Å². The SMILES string of the molecule is c1cnnc(-c2cccnc2NCc2cccc3cn[nH]c23)c1. The standard InChI is InChI=1S/C17H14N6/c1-4-12(16-13(5-1)11-21-23-16)10-19-17-14(6-2-8-18-17)15-7-3-9-20-22-15/h1-9,11H,10H2,(H,18,19)(H,21,23). The molecule has 112 valence electrons. The van der Waals surface area contributed by atoms with Gasteiger partial charge in [-0.2, -0.15) is 15.3 Å². The van der Waals surface area contributed by atoms with Crippen LogP contribution in [0.4, 0.5) is 5.82 Å². The molecular weight excluding hydrogens is 288 g/mol. The van der Waals surface area contributed by atoms with Gasteiger partial charge in [0.2, 0.25) is 0 Å². The lowest BCUT2D eigenvalue weighted by Gasteiger charge is -2.10. The van der Waals surface area contributed by atoms with E-state index in [1.54, 1.807) is 12.4 Å². The fourth-order valence-corrected chi connectivity index (χ4v) is 2.55. The van der Waals surface area contributed by atoms with Crippen LogP contribution in [-0.4, -0.2) is 25.4 Å². The summed E-state index contributed by atoms with van der Waals surface area (Å²) in [6.45, 7) is 0.643. The smallest absolute Gasteiger partial charge is 0.135 e. The van der Waals surface area contributed by atoms with Crippen LogP contribution in [0.1, 0.15) is 5.56 Å². The molecule has 1 aromatic carbocycles. The summed E-state index contributed by atoms with van der Waals surface area (Å²) in [6.07, 6.45) is 5.25. The first-order chi connectivity index (χ1) is 11.4. The molecule has 0 unspecified atom stereocenters. The number of H-pyrrole nitrogens is 1. The number of fused-ring (bicyclic) bond motifs is 1. The number of hydrogen-bond donors (Lipinski definition) is 2. The van der Waals surface area contributed by atoms with Crippen LogP contribution < -0.4 is 5.32 Å². The molecule has 0 spiro atoms. The van der Waals surface area contributed by atoms with Gasteiger partial charge in [0.1, 0.15) is 5.82 Å². The summed E-state index contributed by atoms with van der Waals surface area (Å²) in [5.41, 5.74) is 3.90. The maximum atomic E-state index is 4.43. The van der Waals surface area contributed by atoms with E-state index in [4.69, 9.17) is 0 Å². The number of hydrogen-bond acceptors (Lipinski definition) is 5. The molecule has 0 radical (unpaired) electrons. The van der Waals surface area contributed by atoms with Crippen molar-refractivity contribution >= 4 is 16.7 Å². The highest BCUT2D eigenvalue weighted by Gasteiger charge is 2.08. The summed E-state index contributed by atoms with van der Waals surface area (Å²) in [4.78, 5) is 4.43. The van der Waals surface area contributed by atoms with Gasteiger partial charge in [-0.3, -0.25) is 5.10 Å². The molecule has 0 saturated heterocycles. The first-order valence-electron chi connectivity index (χ1n) is 7.30. The van der Waals surface area contributed by atoms with Crippen LogP contribution in [0.5, 0.6) is 0 Å². The lowest BCUT2D eigenvalue weighted by molar-refractivity contribution is 1.03. The summed E-state index contributed by atoms with van der Waals surface area (Å²) in [5, 5.41) is 19.7. The molecule has 0 amide bonds. The van der Waals surface area contributed by atoms with Crippen molar-refractivity contribution in [2.45, 2.75) is 6.54 Å². The Morgan fingerprint density at radius 2 is 1.96 bits per heavy atom. The van der Waals surface area contributed by atoms with Gasteiger partial charge in [0.25, 0.3) is 0 Å². The summed E-state index contributed by atoms with van der Waals surface area (Å²) in [6, 6.07) is 13.8. The molecule has 6 nitrogen and oxygen atoms in total. The Labute approximate surface area is 132 Å². The van der Waals surface area contributed by atoms with Crippen molar-refractivity contribution in [3.8, 4) is 11.3 Å². The lowest BCUT2D eigenvalue weighted by Crippen LogP contribution is -2.04. The summed E-state index contributed by atoms with van der Waals surface area (Å²) >= 11 is 0. The largest absolute Gasteiger partial charge is 0.365 e. The monoisotopic (exact) mass is 302 g/mol. The number of rotatable bonds is 4. The second kappa shape index (κ2) is 5.84. The van der Waals surface area contributed by atoms with Gasteiger partial charge in [-0.1, -0.05) is 18.2 Å². The zero-order valence-corrected chi connectivity index (χ0v) is 12.3. The van der Waals surface area contributed by atoms with Crippen molar-refractivity contribution in [2.75, 3.05) is 5.32 Å². The summed E-state index contributed by atoms with van der Waals surface area (Å²) in [5.74, 6) is 0.782. The molecule has 0 aliphatic rings.